The molecule has 1 aromatic heterocycles. The molecule has 6 rings (SSSR count). The molecule has 4 atom stereocenters. The Morgan fingerprint density at radius 1 is 0.862 bits per heavy atom. The predicted octanol–water partition coefficient (Wildman–Crippen LogP) is 3.14. The van der Waals surface area contributed by atoms with Crippen LogP contribution in [0.4, 0.5) is 5.82 Å². The van der Waals surface area contributed by atoms with Crippen LogP contribution in [-0.2, 0) is 29.3 Å². The van der Waals surface area contributed by atoms with Crippen LogP contribution in [0.5, 0.6) is 11.5 Å². The van der Waals surface area contributed by atoms with E-state index in [-0.39, 0.29) is 24.6 Å². The van der Waals surface area contributed by atoms with Crippen molar-refractivity contribution < 1.29 is 48.2 Å². The quantitative estimate of drug-likeness (QED) is 0.0645. The van der Waals surface area contributed by atoms with Gasteiger partial charge in [0.25, 0.3) is 11.8 Å². The van der Waals surface area contributed by atoms with Gasteiger partial charge in [0.1, 0.15) is 29.0 Å². The molecule has 5 aromatic rings. The maximum absolute atomic E-state index is 14.7. The molecule has 58 heavy (non-hydrogen) atoms. The maximum Gasteiger partial charge on any atom is 0.351 e. The summed E-state index contributed by atoms with van der Waals surface area (Å²) in [6.07, 6.45) is -2.08. The minimum absolute atomic E-state index is 0.00748. The summed E-state index contributed by atoms with van der Waals surface area (Å²) in [5.74, 6) is -1.07. The van der Waals surface area contributed by atoms with Gasteiger partial charge in [-0.05, 0) is 60.0 Å². The number of methoxy groups -OCH3 is 3. The fourth-order valence-corrected chi connectivity index (χ4v) is 7.12. The first-order valence-corrected chi connectivity index (χ1v) is 18.3. The molecule has 1 saturated heterocycles. The first kappa shape index (κ1) is 41.7. The van der Waals surface area contributed by atoms with Gasteiger partial charge in [0.15, 0.2) is 11.8 Å². The number of nitrogens with zero attached hydrogens (tertiary/aromatic N) is 2. The summed E-state index contributed by atoms with van der Waals surface area (Å²) < 4.78 is 37.0. The number of carbonyl (C=O) groups excluding carboxylic acids is 2. The summed E-state index contributed by atoms with van der Waals surface area (Å²) in [5.41, 5.74) is 0.376. The van der Waals surface area contributed by atoms with Gasteiger partial charge in [-0.15, -0.1) is 0 Å². The highest BCUT2D eigenvalue weighted by Gasteiger charge is 2.71. The fraction of sp³-hybridized carbons (Fsp3) is 0.302. The summed E-state index contributed by atoms with van der Waals surface area (Å²) in [6, 6.07) is 31.3. The van der Waals surface area contributed by atoms with Crippen molar-refractivity contribution in [3.63, 3.8) is 0 Å². The number of aliphatic hydroxyl groups excluding tert-OH is 1. The van der Waals surface area contributed by atoms with Crippen LogP contribution in [0.25, 0.3) is 0 Å². The van der Waals surface area contributed by atoms with Crippen molar-refractivity contribution in [1.29, 1.82) is 0 Å². The summed E-state index contributed by atoms with van der Waals surface area (Å²) >= 11 is 0. The molecule has 0 aliphatic carbocycles. The number of anilines is 1. The SMILES string of the molecule is COCCO[C@H]1[C@H](n2cc(C)c(N)nc2=O)O[C@](CO)(COC(c2ccccc2)(c2ccc(OC)cc2)c2ccc(OC)cc2)[C@]1(O)C(=O)NC(=O)c1ccccc1. The highest BCUT2D eigenvalue weighted by molar-refractivity contribution is 6.07. The number of aryl methyl sites for hydroxylation is 1. The standard InChI is InChI=1S/C43H46N4O11/c1-28-25-47(40(51)45-36(28)44)38-35(56-24-23-53-2)43(52,39(50)46-37(49)29-11-7-5-8-12-29)41(26-48,58-38)27-57-42(30-13-9-6-10-14-30,31-15-19-33(54-3)20-16-31)32-17-21-34(55-4)22-18-32/h5-22,25,35,38,48,52H,23-24,26-27H2,1-4H3,(H2,44,45,51)(H,46,49,50)/t35-,38+,41+,43+/m0/s1. The molecule has 4 aromatic carbocycles. The van der Waals surface area contributed by atoms with E-state index in [1.807, 2.05) is 30.3 Å². The molecule has 1 aliphatic rings. The Kier molecular flexibility index (Phi) is 12.7. The van der Waals surface area contributed by atoms with E-state index in [0.29, 0.717) is 33.8 Å². The van der Waals surface area contributed by atoms with E-state index in [0.717, 1.165) is 4.57 Å². The number of aromatic nitrogens is 2. The molecule has 15 heteroatoms. The lowest BCUT2D eigenvalue weighted by molar-refractivity contribution is -0.211. The van der Waals surface area contributed by atoms with E-state index in [1.54, 1.807) is 87.9 Å². The molecule has 0 unspecified atom stereocenters. The largest absolute Gasteiger partial charge is 0.497 e. The van der Waals surface area contributed by atoms with Crippen molar-refractivity contribution in [3.8, 4) is 11.5 Å². The number of hydrogen-bond acceptors (Lipinski definition) is 13. The zero-order valence-electron chi connectivity index (χ0n) is 32.5. The van der Waals surface area contributed by atoms with Crippen LogP contribution in [-0.4, -0.2) is 96.6 Å². The number of hydrogen-bond donors (Lipinski definition) is 4. The van der Waals surface area contributed by atoms with Crippen molar-refractivity contribution in [2.45, 2.75) is 36.1 Å². The molecule has 0 spiro atoms. The topological polar surface area (TPSA) is 203 Å². The number of ether oxygens (including phenoxy) is 6. The van der Waals surface area contributed by atoms with Gasteiger partial charge in [0, 0.05) is 24.4 Å². The molecule has 15 nitrogen and oxygen atoms in total. The van der Waals surface area contributed by atoms with Crippen LogP contribution in [0.15, 0.2) is 120 Å². The number of nitrogens with one attached hydrogen (secondary N) is 1. The zero-order valence-corrected chi connectivity index (χ0v) is 32.5. The van der Waals surface area contributed by atoms with Gasteiger partial charge in [-0.3, -0.25) is 19.5 Å². The second kappa shape index (κ2) is 17.7. The van der Waals surface area contributed by atoms with Crippen LogP contribution >= 0.6 is 0 Å². The molecule has 0 bridgehead atoms. The highest BCUT2D eigenvalue weighted by atomic mass is 16.6. The summed E-state index contributed by atoms with van der Waals surface area (Å²) in [6.45, 7) is -0.439. The second-order valence-electron chi connectivity index (χ2n) is 13.7. The number of aliphatic hydroxyl groups is 2. The van der Waals surface area contributed by atoms with E-state index in [9.17, 15) is 24.6 Å². The van der Waals surface area contributed by atoms with Gasteiger partial charge < -0.3 is 44.4 Å². The van der Waals surface area contributed by atoms with E-state index < -0.39 is 59.9 Å². The minimum atomic E-state index is -2.96. The molecule has 1 aliphatic heterocycles. The van der Waals surface area contributed by atoms with Crippen LogP contribution in [0.1, 0.15) is 38.8 Å². The molecular weight excluding hydrogens is 748 g/mol. The molecule has 5 N–H and O–H groups in total. The number of nitrogens with two attached hydrogens (primary N) is 1. The van der Waals surface area contributed by atoms with Gasteiger partial charge in [-0.2, -0.15) is 4.98 Å². The van der Waals surface area contributed by atoms with Gasteiger partial charge in [-0.25, -0.2) is 4.79 Å². The molecule has 0 radical (unpaired) electrons. The third-order valence-corrected chi connectivity index (χ3v) is 10.3. The Morgan fingerprint density at radius 2 is 1.41 bits per heavy atom. The monoisotopic (exact) mass is 794 g/mol. The number of rotatable bonds is 16. The van der Waals surface area contributed by atoms with Crippen molar-refractivity contribution >= 4 is 17.6 Å². The third-order valence-electron chi connectivity index (χ3n) is 10.3. The third kappa shape index (κ3) is 7.70. The number of amides is 2. The lowest BCUT2D eigenvalue weighted by Crippen LogP contribution is -2.69. The van der Waals surface area contributed by atoms with Crippen molar-refractivity contribution in [2.75, 3.05) is 53.5 Å². The van der Waals surface area contributed by atoms with Gasteiger partial charge in [-0.1, -0.05) is 72.8 Å². The summed E-state index contributed by atoms with van der Waals surface area (Å²) in [4.78, 5) is 45.7. The van der Waals surface area contributed by atoms with Gasteiger partial charge >= 0.3 is 5.69 Å². The lowest BCUT2D eigenvalue weighted by atomic mass is 9.78. The van der Waals surface area contributed by atoms with Crippen LogP contribution in [0, 0.1) is 6.92 Å². The van der Waals surface area contributed by atoms with E-state index in [2.05, 4.69) is 10.3 Å². The fourth-order valence-electron chi connectivity index (χ4n) is 7.12. The lowest BCUT2D eigenvalue weighted by Gasteiger charge is -2.43. The molecular formula is C43H46N4O11. The van der Waals surface area contributed by atoms with E-state index in [1.165, 1.54) is 25.4 Å². The summed E-state index contributed by atoms with van der Waals surface area (Å²) in [7, 11) is 4.51. The van der Waals surface area contributed by atoms with Crippen LogP contribution < -0.4 is 26.2 Å². The predicted molar refractivity (Wildman–Crippen MR) is 211 cm³/mol. The summed E-state index contributed by atoms with van der Waals surface area (Å²) in [5, 5.41) is 27.0. The van der Waals surface area contributed by atoms with Crippen LogP contribution in [0.2, 0.25) is 0 Å². The van der Waals surface area contributed by atoms with Crippen molar-refractivity contribution in [1.82, 2.24) is 14.9 Å². The zero-order chi connectivity index (χ0) is 41.5. The average molecular weight is 795 g/mol. The molecule has 304 valence electrons. The Bertz CT molecular complexity index is 2190. The Morgan fingerprint density at radius 3 is 1.95 bits per heavy atom. The number of benzene rings is 4. The smallest absolute Gasteiger partial charge is 0.351 e. The Balaban J connectivity index is 1.57. The minimum Gasteiger partial charge on any atom is -0.497 e. The van der Waals surface area contributed by atoms with Crippen LogP contribution in [0.3, 0.4) is 0 Å². The normalized spacial score (nSPS) is 20.4. The second-order valence-corrected chi connectivity index (χ2v) is 13.7. The first-order chi connectivity index (χ1) is 28.0. The highest BCUT2D eigenvalue weighted by Crippen LogP contribution is 2.49. The number of imide groups is 1. The van der Waals surface area contributed by atoms with Gasteiger partial charge in [0.05, 0.1) is 40.6 Å². The van der Waals surface area contributed by atoms with Crippen molar-refractivity contribution in [3.05, 3.63) is 154 Å². The maximum atomic E-state index is 14.7. The first-order valence-electron chi connectivity index (χ1n) is 18.3. The average Bonchev–Trinajstić information content (AvgIpc) is 3.51. The molecule has 2 amide bonds. The molecule has 2 heterocycles. The van der Waals surface area contributed by atoms with Crippen molar-refractivity contribution in [2.24, 2.45) is 0 Å². The number of carbonyl (C=O) groups is 2. The molecule has 0 saturated carbocycles. The molecule has 1 fully saturated rings. The number of nitrogen functional groups attached to an aromatic ring is 1. The Hall–Kier alpha value is -5.94. The van der Waals surface area contributed by atoms with Gasteiger partial charge in [0.2, 0.25) is 5.60 Å². The van der Waals surface area contributed by atoms with E-state index in [4.69, 9.17) is 34.2 Å². The van der Waals surface area contributed by atoms with E-state index >= 15 is 0 Å². The Labute approximate surface area is 334 Å².